The maximum Gasteiger partial charge on any atom is 0.337 e. The predicted molar refractivity (Wildman–Crippen MR) is 117 cm³/mol. The van der Waals surface area contributed by atoms with E-state index in [4.69, 9.17) is 4.74 Å². The Kier molecular flexibility index (Phi) is 5.91. The van der Waals surface area contributed by atoms with Gasteiger partial charge in [-0.05, 0) is 43.3 Å². The van der Waals surface area contributed by atoms with Crippen LogP contribution in [-0.4, -0.2) is 64.9 Å². The highest BCUT2D eigenvalue weighted by molar-refractivity contribution is 7.00. The lowest BCUT2D eigenvalue weighted by molar-refractivity contribution is -0.117. The van der Waals surface area contributed by atoms with Crippen molar-refractivity contribution in [3.63, 3.8) is 0 Å². The normalized spacial score (nSPS) is 17.1. The van der Waals surface area contributed by atoms with E-state index in [1.807, 2.05) is 30.3 Å². The van der Waals surface area contributed by atoms with Crippen molar-refractivity contribution in [2.45, 2.75) is 13.0 Å². The highest BCUT2D eigenvalue weighted by atomic mass is 32.1. The summed E-state index contributed by atoms with van der Waals surface area (Å²) in [5.74, 6) is -0.395. The number of anilines is 2. The predicted octanol–water partition coefficient (Wildman–Crippen LogP) is 2.63. The van der Waals surface area contributed by atoms with Crippen LogP contribution in [0.5, 0.6) is 0 Å². The molecule has 0 spiro atoms. The van der Waals surface area contributed by atoms with Gasteiger partial charge in [0.05, 0.1) is 36.6 Å². The summed E-state index contributed by atoms with van der Waals surface area (Å²) >= 11 is 1.14. The van der Waals surface area contributed by atoms with E-state index in [2.05, 4.69) is 30.8 Å². The molecule has 4 rings (SSSR count). The number of hydrogen-bond donors (Lipinski definition) is 1. The van der Waals surface area contributed by atoms with E-state index in [0.29, 0.717) is 17.8 Å². The number of esters is 1. The molecule has 1 fully saturated rings. The van der Waals surface area contributed by atoms with E-state index < -0.39 is 0 Å². The van der Waals surface area contributed by atoms with Crippen molar-refractivity contribution >= 4 is 46.0 Å². The minimum absolute atomic E-state index is 0.0572. The maximum absolute atomic E-state index is 12.6. The summed E-state index contributed by atoms with van der Waals surface area (Å²) in [5.41, 5.74) is 3.81. The molecule has 1 amide bonds. The SMILES string of the molecule is COC(=O)c1ccc(N2CCN(CC(=O)Nc3cccc4nsnc34)C(C)C2)cc1. The van der Waals surface area contributed by atoms with Crippen LogP contribution in [0.2, 0.25) is 0 Å². The van der Waals surface area contributed by atoms with Crippen LogP contribution in [0.15, 0.2) is 42.5 Å². The molecule has 1 aliphatic heterocycles. The number of nitrogens with one attached hydrogen (secondary N) is 1. The summed E-state index contributed by atoms with van der Waals surface area (Å²) in [4.78, 5) is 28.7. The average molecular weight is 426 g/mol. The molecule has 9 heteroatoms. The van der Waals surface area contributed by atoms with Gasteiger partial charge in [0.15, 0.2) is 0 Å². The molecule has 1 saturated heterocycles. The molecule has 1 unspecified atom stereocenters. The number of amides is 1. The van der Waals surface area contributed by atoms with Crippen LogP contribution in [0.3, 0.4) is 0 Å². The molecule has 1 aromatic heterocycles. The Balaban J connectivity index is 1.34. The zero-order chi connectivity index (χ0) is 21.1. The van der Waals surface area contributed by atoms with E-state index in [-0.39, 0.29) is 17.9 Å². The number of hydrogen-bond acceptors (Lipinski definition) is 8. The zero-order valence-electron chi connectivity index (χ0n) is 16.9. The molecule has 1 aliphatic rings. The molecule has 0 saturated carbocycles. The monoisotopic (exact) mass is 425 g/mol. The van der Waals surface area contributed by atoms with Crippen LogP contribution in [0.4, 0.5) is 11.4 Å². The lowest BCUT2D eigenvalue weighted by Gasteiger charge is -2.40. The fourth-order valence-corrected chi connectivity index (χ4v) is 4.22. The Morgan fingerprint density at radius 3 is 2.70 bits per heavy atom. The minimum atomic E-state index is -0.338. The fourth-order valence-electron chi connectivity index (χ4n) is 3.67. The average Bonchev–Trinajstić information content (AvgIpc) is 3.25. The Labute approximate surface area is 178 Å². The smallest absolute Gasteiger partial charge is 0.337 e. The second kappa shape index (κ2) is 8.76. The molecule has 30 heavy (non-hydrogen) atoms. The maximum atomic E-state index is 12.6. The molecular formula is C21H23N5O3S. The van der Waals surface area contributed by atoms with Crippen molar-refractivity contribution < 1.29 is 14.3 Å². The van der Waals surface area contributed by atoms with Crippen LogP contribution in [-0.2, 0) is 9.53 Å². The van der Waals surface area contributed by atoms with Gasteiger partial charge in [0, 0.05) is 31.4 Å². The largest absolute Gasteiger partial charge is 0.465 e. The summed E-state index contributed by atoms with van der Waals surface area (Å²) in [5, 5.41) is 2.97. The first-order valence-electron chi connectivity index (χ1n) is 9.73. The number of methoxy groups -OCH3 is 1. The quantitative estimate of drug-likeness (QED) is 0.629. The Hall–Kier alpha value is -3.04. The van der Waals surface area contributed by atoms with E-state index in [1.165, 1.54) is 7.11 Å². The number of rotatable bonds is 5. The van der Waals surface area contributed by atoms with Gasteiger partial charge in [-0.15, -0.1) is 0 Å². The molecule has 1 atom stereocenters. The lowest BCUT2D eigenvalue weighted by atomic mass is 10.1. The fraction of sp³-hybridized carbons (Fsp3) is 0.333. The molecule has 2 aromatic carbocycles. The van der Waals surface area contributed by atoms with E-state index in [9.17, 15) is 9.59 Å². The van der Waals surface area contributed by atoms with Gasteiger partial charge in [-0.1, -0.05) is 6.07 Å². The van der Waals surface area contributed by atoms with Gasteiger partial charge in [0.1, 0.15) is 11.0 Å². The first-order valence-corrected chi connectivity index (χ1v) is 10.5. The first-order chi connectivity index (χ1) is 14.5. The van der Waals surface area contributed by atoms with Crippen LogP contribution in [0, 0.1) is 0 Å². The summed E-state index contributed by atoms with van der Waals surface area (Å²) < 4.78 is 13.2. The molecule has 0 bridgehead atoms. The molecule has 3 aromatic rings. The molecular weight excluding hydrogens is 402 g/mol. The third kappa shape index (κ3) is 4.27. The van der Waals surface area contributed by atoms with Crippen molar-refractivity contribution in [1.29, 1.82) is 0 Å². The Morgan fingerprint density at radius 1 is 1.17 bits per heavy atom. The lowest BCUT2D eigenvalue weighted by Crippen LogP contribution is -2.53. The number of carbonyl (C=O) groups is 2. The van der Waals surface area contributed by atoms with Gasteiger partial charge in [-0.3, -0.25) is 9.69 Å². The van der Waals surface area contributed by atoms with E-state index >= 15 is 0 Å². The van der Waals surface area contributed by atoms with Gasteiger partial charge in [-0.25, -0.2) is 4.79 Å². The number of benzene rings is 2. The molecule has 2 heterocycles. The summed E-state index contributed by atoms with van der Waals surface area (Å²) in [6.45, 7) is 4.82. The number of ether oxygens (including phenoxy) is 1. The Morgan fingerprint density at radius 2 is 1.97 bits per heavy atom. The second-order valence-corrected chi connectivity index (χ2v) is 7.82. The van der Waals surface area contributed by atoms with Gasteiger partial charge in [-0.2, -0.15) is 8.75 Å². The molecule has 1 N–H and O–H groups in total. The number of carbonyl (C=O) groups excluding carboxylic acids is 2. The first kappa shape index (κ1) is 20.2. The van der Waals surface area contributed by atoms with Gasteiger partial charge < -0.3 is 15.0 Å². The van der Waals surface area contributed by atoms with E-state index in [0.717, 1.165) is 48.1 Å². The molecule has 8 nitrogen and oxygen atoms in total. The van der Waals surface area contributed by atoms with Crippen molar-refractivity contribution in [3.05, 3.63) is 48.0 Å². The number of nitrogens with zero attached hydrogens (tertiary/aromatic N) is 4. The van der Waals surface area contributed by atoms with Crippen LogP contribution >= 0.6 is 11.7 Å². The van der Waals surface area contributed by atoms with Crippen molar-refractivity contribution in [2.75, 3.05) is 43.5 Å². The van der Waals surface area contributed by atoms with Crippen LogP contribution in [0.25, 0.3) is 11.0 Å². The summed E-state index contributed by atoms with van der Waals surface area (Å²) in [6.07, 6.45) is 0. The molecule has 0 radical (unpaired) electrons. The summed E-state index contributed by atoms with van der Waals surface area (Å²) in [7, 11) is 1.38. The number of aromatic nitrogens is 2. The third-order valence-corrected chi connectivity index (χ3v) is 5.87. The number of fused-ring (bicyclic) bond motifs is 1. The van der Waals surface area contributed by atoms with Gasteiger partial charge in [0.25, 0.3) is 0 Å². The number of piperazine rings is 1. The van der Waals surface area contributed by atoms with Crippen LogP contribution in [0.1, 0.15) is 17.3 Å². The third-order valence-electron chi connectivity index (χ3n) is 5.33. The van der Waals surface area contributed by atoms with Gasteiger partial charge >= 0.3 is 5.97 Å². The topological polar surface area (TPSA) is 87.7 Å². The van der Waals surface area contributed by atoms with E-state index in [1.54, 1.807) is 12.1 Å². The molecule has 0 aliphatic carbocycles. The van der Waals surface area contributed by atoms with Crippen molar-refractivity contribution in [1.82, 2.24) is 13.6 Å². The standard InChI is InChI=1S/C21H23N5O3S/c1-14-12-26(16-8-6-15(7-9-16)21(28)29-2)11-10-25(14)13-19(27)22-17-4-3-5-18-20(17)24-30-23-18/h3-9,14H,10-13H2,1-2H3,(H,22,27). The van der Waals surface area contributed by atoms with Crippen molar-refractivity contribution in [2.24, 2.45) is 0 Å². The van der Waals surface area contributed by atoms with Crippen molar-refractivity contribution in [3.8, 4) is 0 Å². The zero-order valence-corrected chi connectivity index (χ0v) is 17.7. The van der Waals surface area contributed by atoms with Gasteiger partial charge in [0.2, 0.25) is 5.91 Å². The Bertz CT molecular complexity index is 1050. The summed E-state index contributed by atoms with van der Waals surface area (Å²) in [6, 6.07) is 13.2. The second-order valence-electron chi connectivity index (χ2n) is 7.29. The molecule has 156 valence electrons. The minimum Gasteiger partial charge on any atom is -0.465 e. The highest BCUT2D eigenvalue weighted by Gasteiger charge is 2.26. The van der Waals surface area contributed by atoms with Crippen LogP contribution < -0.4 is 10.2 Å². The highest BCUT2D eigenvalue weighted by Crippen LogP contribution is 2.22.